The topological polar surface area (TPSA) is 102 Å². The summed E-state index contributed by atoms with van der Waals surface area (Å²) < 4.78 is 33.6. The molecule has 7 nitrogen and oxygen atoms in total. The molecule has 0 bridgehead atoms. The normalized spacial score (nSPS) is 14.4. The summed E-state index contributed by atoms with van der Waals surface area (Å²) in [6.07, 6.45) is 8.62. The number of carbonyl (C=O) groups excluding carboxylic acids is 2. The number of hydrogen-bond donors (Lipinski definition) is 2. The molecular weight excluding hydrogens is 452 g/mol. The molecule has 2 aromatic carbocycles. The molecule has 0 aliphatic heterocycles. The number of benzene rings is 2. The minimum atomic E-state index is -4.12. The van der Waals surface area contributed by atoms with Gasteiger partial charge in [-0.25, -0.2) is 13.1 Å². The van der Waals surface area contributed by atoms with Gasteiger partial charge in [-0.2, -0.15) is 0 Å². The van der Waals surface area contributed by atoms with E-state index in [1.807, 2.05) is 13.0 Å². The third-order valence-corrected chi connectivity index (χ3v) is 7.42. The van der Waals surface area contributed by atoms with Crippen LogP contribution in [-0.2, 0) is 14.8 Å². The van der Waals surface area contributed by atoms with Gasteiger partial charge in [0.1, 0.15) is 10.6 Å². The van der Waals surface area contributed by atoms with Crippen molar-refractivity contribution in [3.05, 3.63) is 54.1 Å². The minimum absolute atomic E-state index is 0.106. The number of carbonyl (C=O) groups is 2. The van der Waals surface area contributed by atoms with Crippen molar-refractivity contribution < 1.29 is 22.7 Å². The largest absolute Gasteiger partial charge is 0.493 e. The second kappa shape index (κ2) is 12.6. The van der Waals surface area contributed by atoms with Gasteiger partial charge in [0.25, 0.3) is 15.9 Å². The third kappa shape index (κ3) is 7.58. The summed E-state index contributed by atoms with van der Waals surface area (Å²) in [5.74, 6) is 0.136. The first-order chi connectivity index (χ1) is 16.4. The average molecular weight is 487 g/mol. The van der Waals surface area contributed by atoms with Gasteiger partial charge in [-0.15, -0.1) is 0 Å². The van der Waals surface area contributed by atoms with Crippen LogP contribution in [0.1, 0.15) is 75.1 Å². The Balaban J connectivity index is 1.66. The van der Waals surface area contributed by atoms with Crippen LogP contribution >= 0.6 is 0 Å². The molecule has 8 heteroatoms. The number of para-hydroxylation sites is 1. The summed E-state index contributed by atoms with van der Waals surface area (Å²) in [6.45, 7) is 2.64. The number of ether oxygens (including phenoxy) is 1. The number of sulfonamides is 1. The summed E-state index contributed by atoms with van der Waals surface area (Å²) >= 11 is 0. The molecule has 1 fully saturated rings. The Morgan fingerprint density at radius 3 is 2.53 bits per heavy atom. The predicted molar refractivity (Wildman–Crippen MR) is 132 cm³/mol. The van der Waals surface area contributed by atoms with Crippen LogP contribution in [0.15, 0.2) is 53.4 Å². The van der Waals surface area contributed by atoms with Crippen LogP contribution in [0.3, 0.4) is 0 Å². The highest BCUT2D eigenvalue weighted by Gasteiger charge is 2.22. The fourth-order valence-electron chi connectivity index (χ4n) is 4.09. The minimum Gasteiger partial charge on any atom is -0.493 e. The Morgan fingerprint density at radius 1 is 1.00 bits per heavy atom. The summed E-state index contributed by atoms with van der Waals surface area (Å²) in [5.41, 5.74) is 0.465. The van der Waals surface area contributed by atoms with Crippen molar-refractivity contribution in [1.29, 1.82) is 0 Å². The fraction of sp³-hybridized carbons (Fsp3) is 0.462. The van der Waals surface area contributed by atoms with E-state index in [-0.39, 0.29) is 17.0 Å². The van der Waals surface area contributed by atoms with E-state index in [0.717, 1.165) is 12.8 Å². The maximum atomic E-state index is 12.9. The monoisotopic (exact) mass is 486 g/mol. The van der Waals surface area contributed by atoms with Crippen molar-refractivity contribution in [1.82, 2.24) is 4.72 Å². The standard InChI is InChI=1S/C26H34N2O5S/c1-2-3-5-17-25(29)28-34(31,32)24-16-9-8-15-23(24)27-26(30)21-13-10-14-22(18-21)33-19-20-11-6-4-7-12-20/h8-10,13-16,18,20H,2-7,11-12,17,19H2,1H3,(H,27,30)(H,28,29). The van der Waals surface area contributed by atoms with Gasteiger partial charge < -0.3 is 10.1 Å². The van der Waals surface area contributed by atoms with Crippen LogP contribution in [-0.4, -0.2) is 26.8 Å². The maximum Gasteiger partial charge on any atom is 0.266 e. The Bertz CT molecular complexity index is 1080. The van der Waals surface area contributed by atoms with E-state index >= 15 is 0 Å². The van der Waals surface area contributed by atoms with Gasteiger partial charge in [-0.3, -0.25) is 9.59 Å². The molecule has 0 unspecified atom stereocenters. The van der Waals surface area contributed by atoms with E-state index < -0.39 is 21.8 Å². The van der Waals surface area contributed by atoms with Crippen molar-refractivity contribution in [2.45, 2.75) is 69.6 Å². The van der Waals surface area contributed by atoms with Crippen LogP contribution in [0.2, 0.25) is 0 Å². The Hall–Kier alpha value is -2.87. The van der Waals surface area contributed by atoms with E-state index in [4.69, 9.17) is 4.74 Å². The zero-order valence-electron chi connectivity index (χ0n) is 19.7. The number of anilines is 1. The molecule has 1 aliphatic carbocycles. The van der Waals surface area contributed by atoms with Crippen LogP contribution < -0.4 is 14.8 Å². The number of nitrogens with one attached hydrogen (secondary N) is 2. The highest BCUT2D eigenvalue weighted by atomic mass is 32.2. The molecule has 0 heterocycles. The molecule has 0 saturated heterocycles. The summed E-state index contributed by atoms with van der Waals surface area (Å²) in [4.78, 5) is 24.8. The van der Waals surface area contributed by atoms with E-state index in [0.29, 0.717) is 30.3 Å². The lowest BCUT2D eigenvalue weighted by Gasteiger charge is -2.21. The Morgan fingerprint density at radius 2 is 1.76 bits per heavy atom. The molecular formula is C26H34N2O5S. The van der Waals surface area contributed by atoms with Crippen molar-refractivity contribution in [2.75, 3.05) is 11.9 Å². The molecule has 1 aliphatic rings. The lowest BCUT2D eigenvalue weighted by Crippen LogP contribution is -2.31. The summed E-state index contributed by atoms with van der Waals surface area (Å²) in [7, 11) is -4.12. The lowest BCUT2D eigenvalue weighted by atomic mass is 9.90. The Labute approximate surface area is 202 Å². The third-order valence-electron chi connectivity index (χ3n) is 5.99. The second-order valence-electron chi connectivity index (χ2n) is 8.78. The first kappa shape index (κ1) is 25.7. The molecule has 0 radical (unpaired) electrons. The number of unbranched alkanes of at least 4 members (excludes halogenated alkanes) is 2. The molecule has 0 spiro atoms. The first-order valence-electron chi connectivity index (χ1n) is 12.1. The highest BCUT2D eigenvalue weighted by molar-refractivity contribution is 7.90. The predicted octanol–water partition coefficient (Wildman–Crippen LogP) is 5.28. The molecule has 184 valence electrons. The van der Waals surface area contributed by atoms with Crippen LogP contribution in [0.25, 0.3) is 0 Å². The summed E-state index contributed by atoms with van der Waals surface area (Å²) in [5, 5.41) is 2.67. The van der Waals surface area contributed by atoms with E-state index in [1.54, 1.807) is 30.3 Å². The SMILES string of the molecule is CCCCCC(=O)NS(=O)(=O)c1ccccc1NC(=O)c1cccc(OCC2CCCCC2)c1. The molecule has 34 heavy (non-hydrogen) atoms. The molecule has 2 N–H and O–H groups in total. The van der Waals surface area contributed by atoms with Crippen molar-refractivity contribution in [2.24, 2.45) is 5.92 Å². The number of rotatable bonds is 11. The van der Waals surface area contributed by atoms with Crippen LogP contribution in [0.5, 0.6) is 5.75 Å². The van der Waals surface area contributed by atoms with Gasteiger partial charge >= 0.3 is 0 Å². The van der Waals surface area contributed by atoms with Crippen molar-refractivity contribution >= 4 is 27.5 Å². The second-order valence-corrected chi connectivity index (χ2v) is 10.4. The molecule has 2 aromatic rings. The quantitative estimate of drug-likeness (QED) is 0.421. The fourth-order valence-corrected chi connectivity index (χ4v) is 5.26. The van der Waals surface area contributed by atoms with Gasteiger partial charge in [0.2, 0.25) is 5.91 Å². The van der Waals surface area contributed by atoms with Gasteiger partial charge in [-0.1, -0.05) is 57.2 Å². The maximum absolute atomic E-state index is 12.9. The van der Waals surface area contributed by atoms with Crippen molar-refractivity contribution in [3.63, 3.8) is 0 Å². The van der Waals surface area contributed by atoms with Gasteiger partial charge in [0.05, 0.1) is 12.3 Å². The molecule has 0 aromatic heterocycles. The van der Waals surface area contributed by atoms with E-state index in [2.05, 4.69) is 10.0 Å². The summed E-state index contributed by atoms with van der Waals surface area (Å²) in [6, 6.07) is 12.9. The van der Waals surface area contributed by atoms with Crippen LogP contribution in [0.4, 0.5) is 5.69 Å². The highest BCUT2D eigenvalue weighted by Crippen LogP contribution is 2.26. The zero-order chi connectivity index (χ0) is 24.4. The molecule has 0 atom stereocenters. The molecule has 2 amide bonds. The van der Waals surface area contributed by atoms with Gasteiger partial charge in [0.15, 0.2) is 0 Å². The smallest absolute Gasteiger partial charge is 0.266 e. The van der Waals surface area contributed by atoms with Gasteiger partial charge in [0, 0.05) is 12.0 Å². The molecule has 3 rings (SSSR count). The zero-order valence-corrected chi connectivity index (χ0v) is 20.5. The number of amides is 2. The number of hydrogen-bond acceptors (Lipinski definition) is 5. The van der Waals surface area contributed by atoms with E-state index in [9.17, 15) is 18.0 Å². The van der Waals surface area contributed by atoms with Gasteiger partial charge in [-0.05, 0) is 55.5 Å². The average Bonchev–Trinajstić information content (AvgIpc) is 2.84. The van der Waals surface area contributed by atoms with E-state index in [1.165, 1.54) is 44.2 Å². The van der Waals surface area contributed by atoms with Crippen LogP contribution in [0, 0.1) is 5.92 Å². The Kier molecular flexibility index (Phi) is 9.51. The lowest BCUT2D eigenvalue weighted by molar-refractivity contribution is -0.119. The van der Waals surface area contributed by atoms with Crippen molar-refractivity contribution in [3.8, 4) is 5.75 Å². The molecule has 1 saturated carbocycles. The first-order valence-corrected chi connectivity index (χ1v) is 13.6.